The van der Waals surface area contributed by atoms with Gasteiger partial charge in [0.05, 0.1) is 0 Å². The number of benzene rings is 1. The third-order valence-electron chi connectivity index (χ3n) is 2.70. The maximum atomic E-state index is 11.4. The number of hydrogen-bond donors (Lipinski definition) is 0. The van der Waals surface area contributed by atoms with Crippen LogP contribution < -0.4 is 0 Å². The van der Waals surface area contributed by atoms with E-state index in [-0.39, 0.29) is 5.78 Å². The smallest absolute Gasteiger partial charge is 0.162 e. The van der Waals surface area contributed by atoms with E-state index >= 15 is 0 Å². The van der Waals surface area contributed by atoms with Crippen molar-refractivity contribution in [3.63, 3.8) is 0 Å². The van der Waals surface area contributed by atoms with Gasteiger partial charge < -0.3 is 0 Å². The van der Waals surface area contributed by atoms with E-state index in [1.807, 2.05) is 29.9 Å². The van der Waals surface area contributed by atoms with Crippen molar-refractivity contribution in [3.8, 4) is 0 Å². The van der Waals surface area contributed by atoms with E-state index in [9.17, 15) is 4.79 Å². The number of carbonyl (C=O) groups excluding carboxylic acids is 1. The van der Waals surface area contributed by atoms with E-state index in [0.717, 1.165) is 17.3 Å². The maximum Gasteiger partial charge on any atom is 0.162 e. The molecule has 1 heterocycles. The van der Waals surface area contributed by atoms with Crippen LogP contribution in [0.4, 0.5) is 0 Å². The van der Waals surface area contributed by atoms with E-state index in [1.54, 1.807) is 6.92 Å². The second kappa shape index (κ2) is 3.50. The summed E-state index contributed by atoms with van der Waals surface area (Å²) in [6.45, 7) is 3.67. The van der Waals surface area contributed by atoms with Crippen LogP contribution in [0.1, 0.15) is 29.9 Å². The van der Waals surface area contributed by atoms with Crippen molar-refractivity contribution >= 4 is 16.7 Å². The number of aryl methyl sites for hydroxylation is 2. The topological polar surface area (TPSA) is 34.9 Å². The molecule has 0 atom stereocenters. The van der Waals surface area contributed by atoms with Gasteiger partial charge in [0.25, 0.3) is 0 Å². The Kier molecular flexibility index (Phi) is 2.31. The summed E-state index contributed by atoms with van der Waals surface area (Å²) >= 11 is 0. The fourth-order valence-corrected chi connectivity index (χ4v) is 1.97. The van der Waals surface area contributed by atoms with E-state index in [0.29, 0.717) is 5.56 Å². The highest BCUT2D eigenvalue weighted by Crippen LogP contribution is 2.21. The minimum Gasteiger partial charge on any atom is -0.294 e. The number of Topliss-reactive ketones (excluding diaryl/α,β-unsaturated/α-hetero) is 1. The van der Waals surface area contributed by atoms with Crippen molar-refractivity contribution in [2.24, 2.45) is 7.05 Å². The molecule has 1 aromatic carbocycles. The van der Waals surface area contributed by atoms with Crippen molar-refractivity contribution in [3.05, 3.63) is 29.5 Å². The molecule has 3 heteroatoms. The second-order valence-electron chi connectivity index (χ2n) is 3.68. The molecule has 0 aliphatic heterocycles. The van der Waals surface area contributed by atoms with Gasteiger partial charge in [-0.2, -0.15) is 5.10 Å². The molecule has 78 valence electrons. The molecule has 0 aliphatic rings. The number of nitrogens with zero attached hydrogens (tertiary/aromatic N) is 2. The van der Waals surface area contributed by atoms with Crippen LogP contribution >= 0.6 is 0 Å². The Morgan fingerprint density at radius 3 is 2.80 bits per heavy atom. The highest BCUT2D eigenvalue weighted by atomic mass is 16.1. The molecule has 0 saturated carbocycles. The highest BCUT2D eigenvalue weighted by Gasteiger charge is 2.12. The third kappa shape index (κ3) is 1.44. The minimum atomic E-state index is 0.0707. The molecule has 15 heavy (non-hydrogen) atoms. The molecule has 0 radical (unpaired) electrons. The predicted octanol–water partition coefficient (Wildman–Crippen LogP) is 2.34. The summed E-state index contributed by atoms with van der Waals surface area (Å²) < 4.78 is 1.86. The molecule has 0 amide bonds. The first-order valence-corrected chi connectivity index (χ1v) is 5.10. The molecular weight excluding hydrogens is 188 g/mol. The van der Waals surface area contributed by atoms with Crippen molar-refractivity contribution in [2.45, 2.75) is 20.3 Å². The summed E-state index contributed by atoms with van der Waals surface area (Å²) in [5.74, 6) is 0.0707. The van der Waals surface area contributed by atoms with Crippen LogP contribution in [0.3, 0.4) is 0 Å². The third-order valence-corrected chi connectivity index (χ3v) is 2.70. The Labute approximate surface area is 88.7 Å². The van der Waals surface area contributed by atoms with Crippen LogP contribution in [0.2, 0.25) is 0 Å². The van der Waals surface area contributed by atoms with Gasteiger partial charge in [0.2, 0.25) is 0 Å². The van der Waals surface area contributed by atoms with Crippen molar-refractivity contribution in [1.29, 1.82) is 0 Å². The van der Waals surface area contributed by atoms with Crippen molar-refractivity contribution in [2.75, 3.05) is 0 Å². The molecule has 0 aliphatic carbocycles. The van der Waals surface area contributed by atoms with Gasteiger partial charge in [-0.25, -0.2) is 0 Å². The molecule has 3 nitrogen and oxygen atoms in total. The molecule has 0 fully saturated rings. The van der Waals surface area contributed by atoms with Gasteiger partial charge in [-0.05, 0) is 19.4 Å². The lowest BCUT2D eigenvalue weighted by Crippen LogP contribution is -1.96. The number of aromatic nitrogens is 2. The van der Waals surface area contributed by atoms with Crippen molar-refractivity contribution in [1.82, 2.24) is 9.78 Å². The minimum absolute atomic E-state index is 0.0707. The summed E-state index contributed by atoms with van der Waals surface area (Å²) in [7, 11) is 1.92. The zero-order valence-electron chi connectivity index (χ0n) is 9.24. The number of fused-ring (bicyclic) bond motifs is 1. The Morgan fingerprint density at radius 1 is 1.47 bits per heavy atom. The summed E-state index contributed by atoms with van der Waals surface area (Å²) in [6, 6.07) is 5.77. The average Bonchev–Trinajstić information content (AvgIpc) is 2.52. The fourth-order valence-electron chi connectivity index (χ4n) is 1.97. The zero-order valence-corrected chi connectivity index (χ0v) is 9.24. The van der Waals surface area contributed by atoms with E-state index in [4.69, 9.17) is 0 Å². The number of rotatable bonds is 2. The van der Waals surface area contributed by atoms with Crippen LogP contribution in [0.5, 0.6) is 0 Å². The highest BCUT2D eigenvalue weighted by molar-refractivity contribution is 6.06. The average molecular weight is 202 g/mol. The van der Waals surface area contributed by atoms with Gasteiger partial charge in [0.1, 0.15) is 5.52 Å². The molecule has 1 aromatic heterocycles. The van der Waals surface area contributed by atoms with Gasteiger partial charge in [-0.15, -0.1) is 0 Å². The van der Waals surface area contributed by atoms with Crippen LogP contribution in [-0.4, -0.2) is 15.6 Å². The van der Waals surface area contributed by atoms with Gasteiger partial charge >= 0.3 is 0 Å². The Hall–Kier alpha value is -1.64. The van der Waals surface area contributed by atoms with Gasteiger partial charge in [0, 0.05) is 23.7 Å². The van der Waals surface area contributed by atoms with Crippen molar-refractivity contribution < 1.29 is 4.79 Å². The summed E-state index contributed by atoms with van der Waals surface area (Å²) in [4.78, 5) is 11.4. The van der Waals surface area contributed by atoms with Gasteiger partial charge in [-0.3, -0.25) is 9.48 Å². The number of hydrogen-bond acceptors (Lipinski definition) is 2. The SMILES string of the molecule is CCc1c2cccc(C(C)=O)c2nn1C. The van der Waals surface area contributed by atoms with Crippen LogP contribution in [0.15, 0.2) is 18.2 Å². The second-order valence-corrected chi connectivity index (χ2v) is 3.68. The lowest BCUT2D eigenvalue weighted by Gasteiger charge is -1.97. The van der Waals surface area contributed by atoms with E-state index in [1.165, 1.54) is 5.69 Å². The zero-order chi connectivity index (χ0) is 11.0. The Balaban J connectivity index is 2.83. The predicted molar refractivity (Wildman–Crippen MR) is 60.1 cm³/mol. The van der Waals surface area contributed by atoms with E-state index < -0.39 is 0 Å². The summed E-state index contributed by atoms with van der Waals surface area (Å²) in [5, 5.41) is 5.49. The Bertz CT molecular complexity index is 526. The quantitative estimate of drug-likeness (QED) is 0.700. The molecular formula is C12H14N2O. The summed E-state index contributed by atoms with van der Waals surface area (Å²) in [5.41, 5.74) is 2.71. The first kappa shape index (κ1) is 9.90. The summed E-state index contributed by atoms with van der Waals surface area (Å²) in [6.07, 6.45) is 0.925. The number of ketones is 1. The van der Waals surface area contributed by atoms with E-state index in [2.05, 4.69) is 12.0 Å². The molecule has 0 spiro atoms. The molecule has 2 rings (SSSR count). The fraction of sp³-hybridized carbons (Fsp3) is 0.333. The van der Waals surface area contributed by atoms with Crippen LogP contribution in [0, 0.1) is 0 Å². The monoisotopic (exact) mass is 202 g/mol. The maximum absolute atomic E-state index is 11.4. The first-order valence-electron chi connectivity index (χ1n) is 5.10. The standard InChI is InChI=1S/C12H14N2O/c1-4-11-10-7-5-6-9(8(2)15)12(10)13-14(11)3/h5-7H,4H2,1-3H3. The Morgan fingerprint density at radius 2 is 2.20 bits per heavy atom. The molecule has 0 unspecified atom stereocenters. The van der Waals surface area contributed by atoms with Crippen LogP contribution in [-0.2, 0) is 13.5 Å². The largest absolute Gasteiger partial charge is 0.294 e. The van der Waals surface area contributed by atoms with Gasteiger partial charge in [-0.1, -0.05) is 19.1 Å². The molecule has 0 N–H and O–H groups in total. The molecule has 2 aromatic rings. The normalized spacial score (nSPS) is 10.9. The lowest BCUT2D eigenvalue weighted by molar-refractivity contribution is 0.101. The van der Waals surface area contributed by atoms with Crippen LogP contribution in [0.25, 0.3) is 10.9 Å². The number of carbonyl (C=O) groups is 1. The molecule has 0 bridgehead atoms. The van der Waals surface area contributed by atoms with Gasteiger partial charge in [0.15, 0.2) is 5.78 Å². The molecule has 0 saturated heterocycles. The first-order chi connectivity index (χ1) is 7.15. The lowest BCUT2D eigenvalue weighted by atomic mass is 10.1.